The minimum atomic E-state index is -0.578. The van der Waals surface area contributed by atoms with Crippen molar-refractivity contribution in [2.45, 2.75) is 25.9 Å². The van der Waals surface area contributed by atoms with Crippen LogP contribution < -0.4 is 11.3 Å². The number of hydrogen-bond donors (Lipinski definition) is 3. The lowest BCUT2D eigenvalue weighted by Gasteiger charge is -2.23. The minimum absolute atomic E-state index is 0.158. The zero-order valence-electron chi connectivity index (χ0n) is 17.0. The van der Waals surface area contributed by atoms with Crippen LogP contribution in [0.25, 0.3) is 10.9 Å². The first-order valence-electron chi connectivity index (χ1n) is 9.85. The SMILES string of the molecule is CN1C(=O)CCc2c(n(Cc3ccc(C(=O)NO)cc3)c3ccccc23)CN(N)C1=O. The molecule has 3 aromatic rings. The Bertz CT molecular complexity index is 1170. The van der Waals surface area contributed by atoms with Crippen molar-refractivity contribution in [3.63, 3.8) is 0 Å². The molecule has 0 saturated heterocycles. The number of amides is 4. The first-order valence-corrected chi connectivity index (χ1v) is 9.85. The molecule has 0 bridgehead atoms. The first kappa shape index (κ1) is 20.6. The van der Waals surface area contributed by atoms with Crippen molar-refractivity contribution in [1.29, 1.82) is 0 Å². The van der Waals surface area contributed by atoms with Crippen LogP contribution in [0.4, 0.5) is 4.79 Å². The number of nitrogens with zero attached hydrogens (tertiary/aromatic N) is 3. The third-order valence-corrected chi connectivity index (χ3v) is 5.67. The van der Waals surface area contributed by atoms with Crippen LogP contribution in [0, 0.1) is 0 Å². The zero-order chi connectivity index (χ0) is 22.1. The van der Waals surface area contributed by atoms with E-state index in [1.54, 1.807) is 17.6 Å². The van der Waals surface area contributed by atoms with Crippen LogP contribution in [-0.2, 0) is 24.3 Å². The molecule has 0 atom stereocenters. The van der Waals surface area contributed by atoms with Gasteiger partial charge < -0.3 is 4.57 Å². The summed E-state index contributed by atoms with van der Waals surface area (Å²) in [6.45, 7) is 0.647. The third-order valence-electron chi connectivity index (χ3n) is 5.67. The molecule has 0 aliphatic carbocycles. The van der Waals surface area contributed by atoms with Crippen LogP contribution in [0.2, 0.25) is 0 Å². The average molecular weight is 421 g/mol. The molecule has 2 heterocycles. The lowest BCUT2D eigenvalue weighted by atomic mass is 10.0. The fourth-order valence-electron chi connectivity index (χ4n) is 4.00. The number of fused-ring (bicyclic) bond motifs is 3. The second-order valence-corrected chi connectivity index (χ2v) is 7.53. The fraction of sp³-hybridized carbons (Fsp3) is 0.227. The summed E-state index contributed by atoms with van der Waals surface area (Å²) in [5, 5.41) is 10.9. The van der Waals surface area contributed by atoms with Gasteiger partial charge in [0.15, 0.2) is 0 Å². The van der Waals surface area contributed by atoms with E-state index < -0.39 is 11.9 Å². The molecule has 0 fully saturated rings. The summed E-state index contributed by atoms with van der Waals surface area (Å²) in [4.78, 5) is 37.6. The van der Waals surface area contributed by atoms with Gasteiger partial charge in [-0.25, -0.2) is 16.1 Å². The van der Waals surface area contributed by atoms with Crippen LogP contribution in [0.5, 0.6) is 0 Å². The van der Waals surface area contributed by atoms with E-state index in [-0.39, 0.29) is 18.9 Å². The second-order valence-electron chi connectivity index (χ2n) is 7.53. The molecule has 2 aromatic carbocycles. The number of hydrazine groups is 1. The van der Waals surface area contributed by atoms with Crippen molar-refractivity contribution in [1.82, 2.24) is 20.0 Å². The van der Waals surface area contributed by atoms with Gasteiger partial charge in [0, 0.05) is 42.2 Å². The molecule has 9 heteroatoms. The predicted octanol–water partition coefficient (Wildman–Crippen LogP) is 2.01. The monoisotopic (exact) mass is 421 g/mol. The van der Waals surface area contributed by atoms with Gasteiger partial charge in [0.25, 0.3) is 5.91 Å². The predicted molar refractivity (Wildman–Crippen MR) is 113 cm³/mol. The number of benzene rings is 2. The Morgan fingerprint density at radius 3 is 2.52 bits per heavy atom. The van der Waals surface area contributed by atoms with Crippen molar-refractivity contribution in [2.24, 2.45) is 5.84 Å². The molecule has 0 unspecified atom stereocenters. The molecule has 1 aromatic heterocycles. The molecule has 4 N–H and O–H groups in total. The molecule has 0 spiro atoms. The van der Waals surface area contributed by atoms with Crippen LogP contribution >= 0.6 is 0 Å². The van der Waals surface area contributed by atoms with Gasteiger partial charge in [-0.15, -0.1) is 0 Å². The van der Waals surface area contributed by atoms with E-state index in [0.717, 1.165) is 37.6 Å². The summed E-state index contributed by atoms with van der Waals surface area (Å²) in [6, 6.07) is 14.2. The Kier molecular flexibility index (Phi) is 5.45. The average Bonchev–Trinajstić information content (AvgIpc) is 3.09. The largest absolute Gasteiger partial charge is 0.340 e. The molecule has 9 nitrogen and oxygen atoms in total. The smallest absolute Gasteiger partial charge is 0.338 e. The maximum absolute atomic E-state index is 12.5. The standard InChI is InChI=1S/C22H23N5O4/c1-25-20(28)11-10-17-16-4-2-3-5-18(16)26(19(17)13-27(23)22(25)30)12-14-6-8-15(9-7-14)21(29)24-31/h2-9,31H,10-13,23H2,1H3,(H,24,29). The number of hydrogen-bond acceptors (Lipinski definition) is 5. The van der Waals surface area contributed by atoms with Crippen LogP contribution in [0.1, 0.15) is 33.6 Å². The highest BCUT2D eigenvalue weighted by molar-refractivity contribution is 5.95. The van der Waals surface area contributed by atoms with Gasteiger partial charge in [0.1, 0.15) is 0 Å². The second kappa shape index (κ2) is 8.21. The highest BCUT2D eigenvalue weighted by atomic mass is 16.5. The summed E-state index contributed by atoms with van der Waals surface area (Å²) in [7, 11) is 1.44. The van der Waals surface area contributed by atoms with Crippen molar-refractivity contribution in [2.75, 3.05) is 7.05 Å². The van der Waals surface area contributed by atoms with Crippen molar-refractivity contribution >= 4 is 28.7 Å². The number of rotatable bonds is 3. The highest BCUT2D eigenvalue weighted by Crippen LogP contribution is 2.30. The molecule has 1 aliphatic rings. The minimum Gasteiger partial charge on any atom is -0.338 e. The maximum atomic E-state index is 12.5. The lowest BCUT2D eigenvalue weighted by molar-refractivity contribution is -0.127. The molecular formula is C22H23N5O4. The Balaban J connectivity index is 1.79. The molecule has 31 heavy (non-hydrogen) atoms. The summed E-state index contributed by atoms with van der Waals surface area (Å²) in [5.74, 6) is 5.19. The summed E-state index contributed by atoms with van der Waals surface area (Å²) >= 11 is 0. The topological polar surface area (TPSA) is 121 Å². The van der Waals surface area contributed by atoms with Crippen LogP contribution in [0.3, 0.4) is 0 Å². The Labute approximate surface area is 178 Å². The highest BCUT2D eigenvalue weighted by Gasteiger charge is 2.27. The molecule has 1 aliphatic heterocycles. The number of para-hydroxylation sites is 1. The normalized spacial score (nSPS) is 14.8. The van der Waals surface area contributed by atoms with Gasteiger partial charge in [-0.05, 0) is 35.7 Å². The third kappa shape index (κ3) is 3.76. The molecule has 160 valence electrons. The summed E-state index contributed by atoms with van der Waals surface area (Å²) in [6.07, 6.45) is 0.713. The molecule has 4 amide bonds. The number of nitrogens with two attached hydrogens (primary N) is 1. The first-order chi connectivity index (χ1) is 14.9. The zero-order valence-corrected chi connectivity index (χ0v) is 17.0. The van der Waals surface area contributed by atoms with E-state index in [9.17, 15) is 14.4 Å². The fourth-order valence-corrected chi connectivity index (χ4v) is 4.00. The van der Waals surface area contributed by atoms with Crippen LogP contribution in [0.15, 0.2) is 48.5 Å². The van der Waals surface area contributed by atoms with Gasteiger partial charge in [-0.2, -0.15) is 0 Å². The quantitative estimate of drug-likeness (QED) is 0.259. The van der Waals surface area contributed by atoms with Gasteiger partial charge >= 0.3 is 6.03 Å². The summed E-state index contributed by atoms with van der Waals surface area (Å²) < 4.78 is 2.09. The Morgan fingerprint density at radius 2 is 1.81 bits per heavy atom. The number of carbonyl (C=O) groups is 3. The van der Waals surface area contributed by atoms with E-state index in [4.69, 9.17) is 11.0 Å². The van der Waals surface area contributed by atoms with E-state index >= 15 is 0 Å². The van der Waals surface area contributed by atoms with Gasteiger partial charge in [-0.1, -0.05) is 30.3 Å². The Hall–Kier alpha value is -3.69. The molecule has 4 rings (SSSR count). The van der Waals surface area contributed by atoms with Crippen molar-refractivity contribution in [3.8, 4) is 0 Å². The van der Waals surface area contributed by atoms with E-state index in [1.165, 1.54) is 7.05 Å². The van der Waals surface area contributed by atoms with E-state index in [0.29, 0.717) is 18.5 Å². The van der Waals surface area contributed by atoms with E-state index in [2.05, 4.69) is 4.57 Å². The van der Waals surface area contributed by atoms with Gasteiger partial charge in [0.2, 0.25) is 5.91 Å². The number of aryl methyl sites for hydroxylation is 1. The Morgan fingerprint density at radius 1 is 1.10 bits per heavy atom. The number of carbonyl (C=O) groups excluding carboxylic acids is 3. The number of hydroxylamine groups is 1. The number of urea groups is 1. The van der Waals surface area contributed by atoms with Gasteiger partial charge in [-0.3, -0.25) is 24.7 Å². The summed E-state index contributed by atoms with van der Waals surface area (Å²) in [5.41, 5.74) is 5.74. The van der Waals surface area contributed by atoms with Crippen molar-refractivity contribution < 1.29 is 19.6 Å². The van der Waals surface area contributed by atoms with Crippen LogP contribution in [-0.4, -0.2) is 44.6 Å². The van der Waals surface area contributed by atoms with Crippen molar-refractivity contribution in [3.05, 3.63) is 70.9 Å². The number of nitrogens with one attached hydrogen (secondary N) is 1. The number of imide groups is 1. The molecule has 0 radical (unpaired) electrons. The molecular weight excluding hydrogens is 398 g/mol. The maximum Gasteiger partial charge on any atom is 0.340 e. The molecule has 0 saturated carbocycles. The lowest BCUT2D eigenvalue weighted by Crippen LogP contribution is -2.47. The number of aromatic nitrogens is 1. The van der Waals surface area contributed by atoms with Gasteiger partial charge in [0.05, 0.1) is 6.54 Å². The van der Waals surface area contributed by atoms with E-state index in [1.807, 2.05) is 36.4 Å².